The van der Waals surface area contributed by atoms with Crippen molar-refractivity contribution in [1.29, 1.82) is 0 Å². The van der Waals surface area contributed by atoms with Crippen LogP contribution in [-0.4, -0.2) is 47.5 Å². The van der Waals surface area contributed by atoms with Gasteiger partial charge in [0.05, 0.1) is 29.1 Å². The highest BCUT2D eigenvalue weighted by atomic mass is 19.1. The van der Waals surface area contributed by atoms with E-state index in [1.54, 1.807) is 24.7 Å². The van der Waals surface area contributed by atoms with Crippen LogP contribution in [-0.2, 0) is 6.54 Å². The fourth-order valence-corrected chi connectivity index (χ4v) is 4.15. The molecule has 3 aromatic heterocycles. The van der Waals surface area contributed by atoms with Crippen LogP contribution in [0.5, 0.6) is 0 Å². The van der Waals surface area contributed by atoms with Gasteiger partial charge < -0.3 is 4.57 Å². The Hall–Kier alpha value is -3.52. The lowest BCUT2D eigenvalue weighted by atomic mass is 10.1. The minimum Gasteiger partial charge on any atom is -0.324 e. The second-order valence-electron chi connectivity index (χ2n) is 7.72. The van der Waals surface area contributed by atoms with E-state index in [0.29, 0.717) is 0 Å². The van der Waals surface area contributed by atoms with E-state index in [1.807, 2.05) is 31.6 Å². The first kappa shape index (κ1) is 19.4. The number of hydrogen-bond acceptors (Lipinski definition) is 6. The van der Waals surface area contributed by atoms with Crippen LogP contribution in [0.3, 0.4) is 0 Å². The van der Waals surface area contributed by atoms with Gasteiger partial charge in [-0.25, -0.2) is 29.3 Å². The quantitative estimate of drug-likeness (QED) is 0.495. The van der Waals surface area contributed by atoms with Crippen LogP contribution >= 0.6 is 0 Å². The number of aromatic nitrogens is 6. The molecule has 1 unspecified atom stereocenters. The van der Waals surface area contributed by atoms with Gasteiger partial charge in [-0.05, 0) is 49.7 Å². The molecule has 8 heteroatoms. The lowest BCUT2D eigenvalue weighted by molar-refractivity contribution is 0.312. The van der Waals surface area contributed by atoms with Gasteiger partial charge in [-0.2, -0.15) is 0 Å². The molecule has 1 fully saturated rings. The maximum atomic E-state index is 13.5. The molecular weight excluding hydrogens is 393 g/mol. The molecule has 1 saturated heterocycles. The topological polar surface area (TPSA) is 72.6 Å². The number of nitrogens with zero attached hydrogens (tertiary/aromatic N) is 7. The summed E-state index contributed by atoms with van der Waals surface area (Å²) in [6.45, 7) is 4.57. The van der Waals surface area contributed by atoms with E-state index in [0.717, 1.165) is 60.2 Å². The Labute approximate surface area is 179 Å². The lowest BCUT2D eigenvalue weighted by Crippen LogP contribution is -2.22. The molecule has 1 aliphatic heterocycles. The van der Waals surface area contributed by atoms with Gasteiger partial charge in [-0.1, -0.05) is 0 Å². The summed E-state index contributed by atoms with van der Waals surface area (Å²) >= 11 is 0. The van der Waals surface area contributed by atoms with E-state index in [1.165, 1.54) is 12.1 Å². The van der Waals surface area contributed by atoms with Gasteiger partial charge in [-0.3, -0.25) is 4.90 Å². The van der Waals surface area contributed by atoms with Crippen molar-refractivity contribution in [2.45, 2.75) is 25.9 Å². The van der Waals surface area contributed by atoms with Crippen LogP contribution in [0.25, 0.3) is 22.6 Å². The first-order valence-corrected chi connectivity index (χ1v) is 10.3. The van der Waals surface area contributed by atoms with Gasteiger partial charge in [0.1, 0.15) is 18.0 Å². The maximum absolute atomic E-state index is 13.5. The van der Waals surface area contributed by atoms with Crippen LogP contribution < -0.4 is 0 Å². The molecule has 0 N–H and O–H groups in total. The van der Waals surface area contributed by atoms with Crippen LogP contribution in [0, 0.1) is 12.7 Å². The predicted octanol–water partition coefficient (Wildman–Crippen LogP) is 3.69. The van der Waals surface area contributed by atoms with Crippen LogP contribution in [0.2, 0.25) is 0 Å². The highest BCUT2D eigenvalue weighted by Gasteiger charge is 2.28. The summed E-state index contributed by atoms with van der Waals surface area (Å²) < 4.78 is 15.7. The Bertz CT molecular complexity index is 1170. The van der Waals surface area contributed by atoms with E-state index in [9.17, 15) is 4.39 Å². The van der Waals surface area contributed by atoms with Crippen LogP contribution in [0.4, 0.5) is 4.39 Å². The van der Waals surface area contributed by atoms with Crippen molar-refractivity contribution in [3.63, 3.8) is 0 Å². The van der Waals surface area contributed by atoms with E-state index < -0.39 is 0 Å². The Balaban J connectivity index is 1.46. The second kappa shape index (κ2) is 8.31. The molecule has 4 heterocycles. The average Bonchev–Trinajstić information content (AvgIpc) is 3.42. The molecule has 5 rings (SSSR count). The van der Waals surface area contributed by atoms with E-state index in [2.05, 4.69) is 29.4 Å². The molecule has 4 aromatic rings. The van der Waals surface area contributed by atoms with Gasteiger partial charge in [0.2, 0.25) is 0 Å². The fourth-order valence-electron chi connectivity index (χ4n) is 4.15. The van der Waals surface area contributed by atoms with E-state index >= 15 is 0 Å². The predicted molar refractivity (Wildman–Crippen MR) is 114 cm³/mol. The minimum atomic E-state index is -0.266. The summed E-state index contributed by atoms with van der Waals surface area (Å²) in [6, 6.07) is 10.5. The van der Waals surface area contributed by atoms with Crippen molar-refractivity contribution in [2.75, 3.05) is 13.1 Å². The SMILES string of the molecule is Cc1nccc(CN2CCC(n3cnc(-c4ccc(F)cc4)c3-c3ccncn3)C2)n1. The summed E-state index contributed by atoms with van der Waals surface area (Å²) in [5.41, 5.74) is 4.42. The average molecular weight is 415 g/mol. The molecular formula is C23H22FN7. The summed E-state index contributed by atoms with van der Waals surface area (Å²) in [5.74, 6) is 0.524. The molecule has 156 valence electrons. The van der Waals surface area contributed by atoms with Gasteiger partial charge >= 0.3 is 0 Å². The Kier molecular flexibility index (Phi) is 5.21. The number of likely N-dealkylation sites (tertiary alicyclic amines) is 1. The molecule has 1 aliphatic rings. The molecule has 0 spiro atoms. The van der Waals surface area contributed by atoms with Gasteiger partial charge in [0, 0.05) is 43.6 Å². The first-order chi connectivity index (χ1) is 15.2. The molecule has 1 aromatic carbocycles. The summed E-state index contributed by atoms with van der Waals surface area (Å²) in [7, 11) is 0. The zero-order chi connectivity index (χ0) is 21.2. The minimum absolute atomic E-state index is 0.259. The highest BCUT2D eigenvalue weighted by molar-refractivity contribution is 5.76. The van der Waals surface area contributed by atoms with Crippen molar-refractivity contribution in [3.8, 4) is 22.6 Å². The number of halogens is 1. The second-order valence-corrected chi connectivity index (χ2v) is 7.72. The van der Waals surface area contributed by atoms with Gasteiger partial charge in [-0.15, -0.1) is 0 Å². The standard InChI is InChI=1S/C23H22FN7/c1-16-26-10-6-19(29-16)12-30-11-8-20(13-30)31-15-28-22(17-2-4-18(24)5-3-17)23(31)21-7-9-25-14-27-21/h2-7,9-10,14-15,20H,8,11-13H2,1H3. The molecule has 31 heavy (non-hydrogen) atoms. The number of benzene rings is 1. The van der Waals surface area contributed by atoms with Gasteiger partial charge in [0.15, 0.2) is 0 Å². The number of hydrogen-bond donors (Lipinski definition) is 0. The monoisotopic (exact) mass is 415 g/mol. The van der Waals surface area contributed by atoms with Crippen molar-refractivity contribution in [3.05, 3.63) is 78.8 Å². The van der Waals surface area contributed by atoms with E-state index in [-0.39, 0.29) is 11.9 Å². The molecule has 0 saturated carbocycles. The van der Waals surface area contributed by atoms with Crippen molar-refractivity contribution in [1.82, 2.24) is 34.4 Å². The lowest BCUT2D eigenvalue weighted by Gasteiger charge is -2.18. The third-order valence-corrected chi connectivity index (χ3v) is 5.60. The Morgan fingerprint density at radius 1 is 1.03 bits per heavy atom. The first-order valence-electron chi connectivity index (χ1n) is 10.3. The van der Waals surface area contributed by atoms with Crippen LogP contribution in [0.1, 0.15) is 24.0 Å². The molecule has 1 atom stereocenters. The van der Waals surface area contributed by atoms with Crippen molar-refractivity contribution < 1.29 is 4.39 Å². The normalized spacial score (nSPS) is 16.6. The third kappa shape index (κ3) is 4.06. The molecule has 0 amide bonds. The molecule has 0 radical (unpaired) electrons. The Morgan fingerprint density at radius 2 is 1.90 bits per heavy atom. The van der Waals surface area contributed by atoms with Gasteiger partial charge in [0.25, 0.3) is 0 Å². The largest absolute Gasteiger partial charge is 0.324 e. The number of imidazole rings is 1. The summed E-state index contributed by atoms with van der Waals surface area (Å²) in [5, 5.41) is 0. The maximum Gasteiger partial charge on any atom is 0.125 e. The summed E-state index contributed by atoms with van der Waals surface area (Å²) in [6.07, 6.45) is 7.95. The molecule has 7 nitrogen and oxygen atoms in total. The van der Waals surface area contributed by atoms with Crippen molar-refractivity contribution in [2.24, 2.45) is 0 Å². The number of rotatable bonds is 5. The summed E-state index contributed by atoms with van der Waals surface area (Å²) in [4.78, 5) is 24.3. The smallest absolute Gasteiger partial charge is 0.125 e. The van der Waals surface area contributed by atoms with Crippen molar-refractivity contribution >= 4 is 0 Å². The van der Waals surface area contributed by atoms with E-state index in [4.69, 9.17) is 4.98 Å². The Morgan fingerprint density at radius 3 is 2.68 bits per heavy atom. The van der Waals surface area contributed by atoms with Crippen LogP contribution in [0.15, 0.2) is 61.4 Å². The third-order valence-electron chi connectivity index (χ3n) is 5.60. The zero-order valence-electron chi connectivity index (χ0n) is 17.2. The molecule has 0 bridgehead atoms. The fraction of sp³-hybridized carbons (Fsp3) is 0.261. The number of aryl methyl sites for hydroxylation is 1. The zero-order valence-corrected chi connectivity index (χ0v) is 17.2. The highest BCUT2D eigenvalue weighted by Crippen LogP contribution is 2.35. The molecule has 0 aliphatic carbocycles.